The van der Waals surface area contributed by atoms with Crippen LogP contribution in [0.1, 0.15) is 23.3 Å². The molecule has 0 atom stereocenters. The van der Waals surface area contributed by atoms with Crippen molar-refractivity contribution in [3.63, 3.8) is 0 Å². The number of carbonyl (C=O) groups excluding carboxylic acids is 1. The van der Waals surface area contributed by atoms with Gasteiger partial charge in [0.25, 0.3) is 11.5 Å². The van der Waals surface area contributed by atoms with E-state index in [-0.39, 0.29) is 28.8 Å². The summed E-state index contributed by atoms with van der Waals surface area (Å²) in [7, 11) is 0. The van der Waals surface area contributed by atoms with Crippen LogP contribution in [0, 0.1) is 0 Å². The van der Waals surface area contributed by atoms with E-state index in [2.05, 4.69) is 15.0 Å². The Bertz CT molecular complexity index is 1410. The molecule has 1 aliphatic rings. The summed E-state index contributed by atoms with van der Waals surface area (Å²) in [6, 6.07) is 12.0. The van der Waals surface area contributed by atoms with Crippen LogP contribution in [0.3, 0.4) is 0 Å². The second-order valence-electron chi connectivity index (χ2n) is 7.57. The van der Waals surface area contributed by atoms with E-state index in [1.54, 1.807) is 35.5 Å². The minimum absolute atomic E-state index is 0.0232. The van der Waals surface area contributed by atoms with E-state index in [1.807, 2.05) is 18.2 Å². The molecule has 8 nitrogen and oxygen atoms in total. The second-order valence-corrected chi connectivity index (χ2v) is 7.98. The highest BCUT2D eigenvalue weighted by Crippen LogP contribution is 2.32. The Morgan fingerprint density at radius 2 is 1.88 bits per heavy atom. The van der Waals surface area contributed by atoms with Crippen LogP contribution in [-0.2, 0) is 0 Å². The van der Waals surface area contributed by atoms with Crippen molar-refractivity contribution in [2.45, 2.75) is 12.8 Å². The molecule has 3 aromatic heterocycles. The molecular weight excluding hydrogens is 428 g/mol. The van der Waals surface area contributed by atoms with Gasteiger partial charge in [-0.2, -0.15) is 0 Å². The first kappa shape index (κ1) is 20.1. The Morgan fingerprint density at radius 1 is 1.06 bits per heavy atom. The van der Waals surface area contributed by atoms with Crippen molar-refractivity contribution >= 4 is 34.2 Å². The van der Waals surface area contributed by atoms with E-state index >= 15 is 0 Å². The van der Waals surface area contributed by atoms with Gasteiger partial charge in [-0.1, -0.05) is 23.7 Å². The van der Waals surface area contributed by atoms with Crippen molar-refractivity contribution < 1.29 is 4.79 Å². The van der Waals surface area contributed by atoms with E-state index in [0.717, 1.165) is 18.2 Å². The Kier molecular flexibility index (Phi) is 5.07. The molecule has 1 saturated heterocycles. The molecule has 0 radical (unpaired) electrons. The predicted octanol–water partition coefficient (Wildman–Crippen LogP) is 3.31. The molecule has 0 bridgehead atoms. The number of anilines is 1. The van der Waals surface area contributed by atoms with Crippen molar-refractivity contribution in [3.05, 3.63) is 75.9 Å². The van der Waals surface area contributed by atoms with E-state index in [0.29, 0.717) is 34.9 Å². The molecule has 9 heteroatoms. The van der Waals surface area contributed by atoms with Gasteiger partial charge in [0.1, 0.15) is 5.69 Å². The number of amides is 1. The number of nitrogen functional groups attached to an aromatic ring is 1. The lowest BCUT2D eigenvalue weighted by atomic mass is 10.1. The zero-order chi connectivity index (χ0) is 22.2. The third-order valence-electron chi connectivity index (χ3n) is 5.48. The number of pyridine rings is 2. The lowest BCUT2D eigenvalue weighted by molar-refractivity contribution is 0.0788. The van der Waals surface area contributed by atoms with Crippen molar-refractivity contribution in [2.75, 3.05) is 18.8 Å². The SMILES string of the molecule is Nc1nc(-n2ccccc2=O)c(-c2cc(Cl)c3ncccc3c2)nc1C(=O)N1CCCC1. The number of nitrogens with two attached hydrogens (primary N) is 1. The number of aromatic nitrogens is 4. The van der Waals surface area contributed by atoms with Crippen LogP contribution in [0.5, 0.6) is 0 Å². The summed E-state index contributed by atoms with van der Waals surface area (Å²) in [5.74, 6) is -0.0652. The molecule has 4 aromatic rings. The highest BCUT2D eigenvalue weighted by atomic mass is 35.5. The normalized spacial score (nSPS) is 13.6. The van der Waals surface area contributed by atoms with Crippen molar-refractivity contribution in [3.8, 4) is 17.1 Å². The minimum Gasteiger partial charge on any atom is -0.382 e. The maximum absolute atomic E-state index is 13.1. The van der Waals surface area contributed by atoms with Gasteiger partial charge in [-0.15, -0.1) is 0 Å². The predicted molar refractivity (Wildman–Crippen MR) is 123 cm³/mol. The zero-order valence-electron chi connectivity index (χ0n) is 17.0. The van der Waals surface area contributed by atoms with E-state index in [9.17, 15) is 9.59 Å². The van der Waals surface area contributed by atoms with Gasteiger partial charge in [0.2, 0.25) is 0 Å². The van der Waals surface area contributed by atoms with Gasteiger partial charge < -0.3 is 10.6 Å². The number of hydrogen-bond donors (Lipinski definition) is 1. The fourth-order valence-electron chi connectivity index (χ4n) is 3.91. The standard InChI is InChI=1S/C23H19ClN6O2/c24-16-13-15(12-14-6-5-8-26-18(14)16)19-22(30-11-2-1-7-17(30)31)28-21(25)20(27-19)23(32)29-9-3-4-10-29/h1-2,5-8,11-13H,3-4,9-10H2,(H2,25,28). The van der Waals surface area contributed by atoms with Gasteiger partial charge in [0.15, 0.2) is 17.3 Å². The molecule has 32 heavy (non-hydrogen) atoms. The largest absolute Gasteiger partial charge is 0.382 e. The number of benzene rings is 1. The molecule has 1 fully saturated rings. The van der Waals surface area contributed by atoms with Crippen LogP contribution in [0.25, 0.3) is 28.0 Å². The summed E-state index contributed by atoms with van der Waals surface area (Å²) >= 11 is 6.50. The second kappa shape index (κ2) is 8.05. The highest BCUT2D eigenvalue weighted by molar-refractivity contribution is 6.35. The number of carbonyl (C=O) groups is 1. The molecule has 0 unspecified atom stereocenters. The van der Waals surface area contributed by atoms with Crippen molar-refractivity contribution in [1.82, 2.24) is 24.4 Å². The van der Waals surface area contributed by atoms with Crippen LogP contribution in [0.2, 0.25) is 5.02 Å². The summed E-state index contributed by atoms with van der Waals surface area (Å²) in [6.07, 6.45) is 5.13. The summed E-state index contributed by atoms with van der Waals surface area (Å²) < 4.78 is 1.35. The number of nitrogens with zero attached hydrogens (tertiary/aromatic N) is 5. The molecule has 1 aliphatic heterocycles. The lowest BCUT2D eigenvalue weighted by Gasteiger charge is -2.18. The molecule has 1 amide bonds. The van der Waals surface area contributed by atoms with Gasteiger partial charge in [-0.05, 0) is 37.1 Å². The molecule has 4 heterocycles. The molecule has 0 aliphatic carbocycles. The lowest BCUT2D eigenvalue weighted by Crippen LogP contribution is -2.30. The Labute approximate surface area is 188 Å². The summed E-state index contributed by atoms with van der Waals surface area (Å²) in [5.41, 5.74) is 7.53. The number of halogens is 1. The van der Waals surface area contributed by atoms with Crippen LogP contribution in [0.15, 0.2) is 59.7 Å². The smallest absolute Gasteiger partial charge is 0.276 e. The van der Waals surface area contributed by atoms with Crippen molar-refractivity contribution in [2.24, 2.45) is 0 Å². The van der Waals surface area contributed by atoms with Gasteiger partial charge in [0.05, 0.1) is 10.5 Å². The first-order valence-corrected chi connectivity index (χ1v) is 10.6. The first-order chi connectivity index (χ1) is 15.5. The molecule has 0 spiro atoms. The average Bonchev–Trinajstić information content (AvgIpc) is 3.34. The molecule has 160 valence electrons. The number of fused-ring (bicyclic) bond motifs is 1. The third kappa shape index (κ3) is 3.48. The van der Waals surface area contributed by atoms with Crippen LogP contribution >= 0.6 is 11.6 Å². The quantitative estimate of drug-likeness (QED) is 0.517. The fraction of sp³-hybridized carbons (Fsp3) is 0.174. The topological polar surface area (TPSA) is 107 Å². The minimum atomic E-state index is -0.297. The summed E-state index contributed by atoms with van der Waals surface area (Å²) in [6.45, 7) is 1.31. The number of rotatable bonds is 3. The maximum Gasteiger partial charge on any atom is 0.276 e. The summed E-state index contributed by atoms with van der Waals surface area (Å²) in [4.78, 5) is 40.8. The molecule has 5 rings (SSSR count). The van der Waals surface area contributed by atoms with Gasteiger partial charge in [0, 0.05) is 42.5 Å². The zero-order valence-corrected chi connectivity index (χ0v) is 17.8. The fourth-order valence-corrected chi connectivity index (χ4v) is 4.19. The number of likely N-dealkylation sites (tertiary alicyclic amines) is 1. The Hall–Kier alpha value is -3.78. The van der Waals surface area contributed by atoms with Gasteiger partial charge in [-0.25, -0.2) is 9.97 Å². The van der Waals surface area contributed by atoms with Crippen LogP contribution in [-0.4, -0.2) is 43.4 Å². The van der Waals surface area contributed by atoms with E-state index in [1.165, 1.54) is 10.6 Å². The van der Waals surface area contributed by atoms with Gasteiger partial charge >= 0.3 is 0 Å². The molecule has 0 saturated carbocycles. The molecular formula is C23H19ClN6O2. The van der Waals surface area contributed by atoms with Crippen molar-refractivity contribution in [1.29, 1.82) is 0 Å². The maximum atomic E-state index is 13.1. The van der Waals surface area contributed by atoms with Crippen LogP contribution in [0.4, 0.5) is 5.82 Å². The number of hydrogen-bond acceptors (Lipinski definition) is 6. The monoisotopic (exact) mass is 446 g/mol. The third-order valence-corrected chi connectivity index (χ3v) is 5.77. The van der Waals surface area contributed by atoms with E-state index < -0.39 is 0 Å². The Morgan fingerprint density at radius 3 is 2.66 bits per heavy atom. The van der Waals surface area contributed by atoms with E-state index in [4.69, 9.17) is 17.3 Å². The van der Waals surface area contributed by atoms with Gasteiger partial charge in [-0.3, -0.25) is 19.1 Å². The molecule has 1 aromatic carbocycles. The molecule has 2 N–H and O–H groups in total. The summed E-state index contributed by atoms with van der Waals surface area (Å²) in [5, 5.41) is 1.22. The highest BCUT2D eigenvalue weighted by Gasteiger charge is 2.26. The Balaban J connectivity index is 1.77. The first-order valence-electron chi connectivity index (χ1n) is 10.2. The van der Waals surface area contributed by atoms with Crippen LogP contribution < -0.4 is 11.3 Å². The average molecular weight is 447 g/mol.